The molecule has 6 heteroatoms. The van der Waals surface area contributed by atoms with E-state index in [4.69, 9.17) is 0 Å². The van der Waals surface area contributed by atoms with E-state index >= 15 is 0 Å². The molecule has 6 nitrogen and oxygen atoms in total. The minimum Gasteiger partial charge on any atom is -0.367 e. The van der Waals surface area contributed by atoms with Gasteiger partial charge < -0.3 is 10.6 Å². The lowest BCUT2D eigenvalue weighted by Gasteiger charge is -2.20. The molecule has 1 aliphatic rings. The van der Waals surface area contributed by atoms with Gasteiger partial charge in [-0.2, -0.15) is 5.53 Å². The highest BCUT2D eigenvalue weighted by atomic mass is 16.2. The van der Waals surface area contributed by atoms with Gasteiger partial charge in [-0.05, 0) is 54.7 Å². The smallest absolute Gasteiger partial charge is 0.242 e. The van der Waals surface area contributed by atoms with Crippen LogP contribution >= 0.6 is 0 Å². The van der Waals surface area contributed by atoms with Gasteiger partial charge in [0.15, 0.2) is 0 Å². The SMILES string of the molecule is CCc1ccc(CNC(=O)C2NNNC2Nc2ccc(C)c(C)c2)cc1. The number of amides is 1. The standard InChI is InChI=1S/C20H27N5O/c1-4-15-6-8-16(9-7-15)12-21-20(26)18-19(24-25-23-18)22-17-10-5-13(2)14(3)11-17/h5-11,18-19,22-25H,4,12H2,1-3H3,(H,21,26). The molecule has 2 unspecified atom stereocenters. The number of aryl methyl sites for hydroxylation is 3. The molecule has 1 fully saturated rings. The number of anilines is 1. The number of hydrogen-bond acceptors (Lipinski definition) is 5. The van der Waals surface area contributed by atoms with E-state index in [1.54, 1.807) is 0 Å². The van der Waals surface area contributed by atoms with Crippen molar-refractivity contribution < 1.29 is 4.79 Å². The topological polar surface area (TPSA) is 77.2 Å². The molecular weight excluding hydrogens is 326 g/mol. The fourth-order valence-electron chi connectivity index (χ4n) is 2.90. The molecular formula is C20H27N5O. The summed E-state index contributed by atoms with van der Waals surface area (Å²) in [4.78, 5) is 12.6. The average molecular weight is 353 g/mol. The highest BCUT2D eigenvalue weighted by Crippen LogP contribution is 2.16. The Balaban J connectivity index is 1.57. The molecule has 138 valence electrons. The Labute approximate surface area is 154 Å². The summed E-state index contributed by atoms with van der Waals surface area (Å²) < 4.78 is 0. The van der Waals surface area contributed by atoms with E-state index in [0.29, 0.717) is 6.54 Å². The van der Waals surface area contributed by atoms with Crippen molar-refractivity contribution >= 4 is 11.6 Å². The van der Waals surface area contributed by atoms with Crippen molar-refractivity contribution in [2.24, 2.45) is 0 Å². The third-order valence-electron chi connectivity index (χ3n) is 4.80. The Bertz CT molecular complexity index is 759. The normalized spacial score (nSPS) is 19.3. The van der Waals surface area contributed by atoms with Crippen LogP contribution in [0.1, 0.15) is 29.2 Å². The fraction of sp³-hybridized carbons (Fsp3) is 0.350. The third kappa shape index (κ3) is 4.40. The first kappa shape index (κ1) is 18.4. The molecule has 1 aliphatic heterocycles. The molecule has 2 atom stereocenters. The monoisotopic (exact) mass is 353 g/mol. The molecule has 26 heavy (non-hydrogen) atoms. The largest absolute Gasteiger partial charge is 0.367 e. The summed E-state index contributed by atoms with van der Waals surface area (Å²) in [5, 5.41) is 6.35. The Kier molecular flexibility index (Phi) is 5.88. The van der Waals surface area contributed by atoms with Gasteiger partial charge in [-0.1, -0.05) is 37.3 Å². The van der Waals surface area contributed by atoms with Crippen LogP contribution in [0, 0.1) is 13.8 Å². The highest BCUT2D eigenvalue weighted by molar-refractivity contribution is 5.83. The van der Waals surface area contributed by atoms with E-state index in [0.717, 1.165) is 17.7 Å². The van der Waals surface area contributed by atoms with Crippen molar-refractivity contribution in [1.82, 2.24) is 21.7 Å². The van der Waals surface area contributed by atoms with Crippen LogP contribution in [0.2, 0.25) is 0 Å². The maximum Gasteiger partial charge on any atom is 0.242 e. The molecule has 1 heterocycles. The van der Waals surface area contributed by atoms with E-state index in [2.05, 4.69) is 84.2 Å². The summed E-state index contributed by atoms with van der Waals surface area (Å²) in [5.74, 6) is -0.0663. The van der Waals surface area contributed by atoms with E-state index in [1.807, 2.05) is 6.07 Å². The summed E-state index contributed by atoms with van der Waals surface area (Å²) in [6, 6.07) is 14.1. The van der Waals surface area contributed by atoms with Crippen LogP contribution in [0.25, 0.3) is 0 Å². The zero-order valence-electron chi connectivity index (χ0n) is 15.5. The second-order valence-corrected chi connectivity index (χ2v) is 6.70. The van der Waals surface area contributed by atoms with Crippen molar-refractivity contribution in [3.8, 4) is 0 Å². The van der Waals surface area contributed by atoms with E-state index in [9.17, 15) is 4.79 Å². The van der Waals surface area contributed by atoms with Crippen LogP contribution in [0.5, 0.6) is 0 Å². The van der Waals surface area contributed by atoms with E-state index < -0.39 is 6.04 Å². The Morgan fingerprint density at radius 1 is 1.00 bits per heavy atom. The van der Waals surface area contributed by atoms with Gasteiger partial charge in [-0.15, -0.1) is 0 Å². The van der Waals surface area contributed by atoms with Crippen molar-refractivity contribution in [3.05, 3.63) is 64.7 Å². The van der Waals surface area contributed by atoms with Crippen LogP contribution in [-0.4, -0.2) is 18.1 Å². The molecule has 0 radical (unpaired) electrons. The second-order valence-electron chi connectivity index (χ2n) is 6.70. The Morgan fingerprint density at radius 3 is 2.42 bits per heavy atom. The minimum atomic E-state index is -0.425. The van der Waals surface area contributed by atoms with Crippen LogP contribution < -0.4 is 27.0 Å². The number of carbonyl (C=O) groups excluding carboxylic acids is 1. The van der Waals surface area contributed by atoms with Crippen LogP contribution in [-0.2, 0) is 17.8 Å². The van der Waals surface area contributed by atoms with Gasteiger partial charge in [0.2, 0.25) is 5.91 Å². The molecule has 5 N–H and O–H groups in total. The Morgan fingerprint density at radius 2 is 1.73 bits per heavy atom. The molecule has 0 spiro atoms. The second kappa shape index (κ2) is 8.31. The molecule has 0 bridgehead atoms. The number of carbonyl (C=O) groups is 1. The van der Waals surface area contributed by atoms with Gasteiger partial charge in [0.05, 0.1) is 0 Å². The third-order valence-corrected chi connectivity index (χ3v) is 4.80. The van der Waals surface area contributed by atoms with Gasteiger partial charge in [0.1, 0.15) is 12.2 Å². The lowest BCUT2D eigenvalue weighted by Crippen LogP contribution is -2.50. The zero-order valence-corrected chi connectivity index (χ0v) is 15.5. The van der Waals surface area contributed by atoms with E-state index in [-0.39, 0.29) is 12.1 Å². The van der Waals surface area contributed by atoms with Crippen LogP contribution in [0.15, 0.2) is 42.5 Å². The maximum atomic E-state index is 12.6. The first-order chi connectivity index (χ1) is 12.6. The van der Waals surface area contributed by atoms with Gasteiger partial charge >= 0.3 is 0 Å². The molecule has 1 amide bonds. The lowest BCUT2D eigenvalue weighted by molar-refractivity contribution is -0.123. The Hall–Kier alpha value is -2.41. The summed E-state index contributed by atoms with van der Waals surface area (Å²) in [5.41, 5.74) is 14.7. The number of nitrogens with one attached hydrogen (secondary N) is 5. The van der Waals surface area contributed by atoms with Gasteiger partial charge in [-0.3, -0.25) is 4.79 Å². The van der Waals surface area contributed by atoms with Gasteiger partial charge in [0, 0.05) is 12.2 Å². The fourth-order valence-corrected chi connectivity index (χ4v) is 2.90. The van der Waals surface area contributed by atoms with Gasteiger partial charge in [-0.25, -0.2) is 10.9 Å². The first-order valence-electron chi connectivity index (χ1n) is 9.02. The van der Waals surface area contributed by atoms with Crippen molar-refractivity contribution in [3.63, 3.8) is 0 Å². The minimum absolute atomic E-state index is 0.0663. The van der Waals surface area contributed by atoms with Crippen LogP contribution in [0.4, 0.5) is 5.69 Å². The molecule has 1 saturated heterocycles. The summed E-state index contributed by atoms with van der Waals surface area (Å²) in [7, 11) is 0. The summed E-state index contributed by atoms with van der Waals surface area (Å²) in [6.07, 6.45) is 0.765. The number of benzene rings is 2. The molecule has 2 aromatic carbocycles. The predicted octanol–water partition coefficient (Wildman–Crippen LogP) is 1.90. The summed E-state index contributed by atoms with van der Waals surface area (Å²) >= 11 is 0. The van der Waals surface area contributed by atoms with Gasteiger partial charge in [0.25, 0.3) is 0 Å². The number of rotatable bonds is 6. The van der Waals surface area contributed by atoms with Crippen LogP contribution in [0.3, 0.4) is 0 Å². The molecule has 3 rings (SSSR count). The molecule has 0 saturated carbocycles. The first-order valence-corrected chi connectivity index (χ1v) is 9.02. The van der Waals surface area contributed by atoms with Crippen molar-refractivity contribution in [2.75, 3.05) is 5.32 Å². The molecule has 0 aromatic heterocycles. The number of hydrogen-bond donors (Lipinski definition) is 5. The quantitative estimate of drug-likeness (QED) is 0.548. The van der Waals surface area contributed by atoms with Crippen molar-refractivity contribution in [1.29, 1.82) is 0 Å². The highest BCUT2D eigenvalue weighted by Gasteiger charge is 2.32. The van der Waals surface area contributed by atoms with Crippen molar-refractivity contribution in [2.45, 2.75) is 45.9 Å². The zero-order chi connectivity index (χ0) is 18.5. The predicted molar refractivity (Wildman–Crippen MR) is 104 cm³/mol. The molecule has 2 aromatic rings. The summed E-state index contributed by atoms with van der Waals surface area (Å²) in [6.45, 7) is 6.80. The average Bonchev–Trinajstić information content (AvgIpc) is 3.11. The maximum absolute atomic E-state index is 12.6. The van der Waals surface area contributed by atoms with E-state index in [1.165, 1.54) is 16.7 Å². The lowest BCUT2D eigenvalue weighted by atomic mass is 10.1. The number of hydrazine groups is 2. The molecule has 0 aliphatic carbocycles.